The molecular formula is C26H28ClN3O4. The van der Waals surface area contributed by atoms with Gasteiger partial charge in [-0.1, -0.05) is 23.7 Å². The molecule has 1 aliphatic heterocycles. The van der Waals surface area contributed by atoms with E-state index in [1.807, 2.05) is 52.8 Å². The number of urea groups is 1. The Kier molecular flexibility index (Phi) is 6.32. The molecule has 0 saturated carbocycles. The number of hydrogen-bond acceptors (Lipinski definition) is 5. The normalized spacial score (nSPS) is 14.1. The largest absolute Gasteiger partial charge is 0.488 e. The second kappa shape index (κ2) is 9.06. The van der Waals surface area contributed by atoms with Crippen LogP contribution in [0.2, 0.25) is 5.02 Å². The van der Waals surface area contributed by atoms with E-state index in [0.29, 0.717) is 33.6 Å². The summed E-state index contributed by atoms with van der Waals surface area (Å²) in [6, 6.07) is 14.0. The van der Waals surface area contributed by atoms with Gasteiger partial charge < -0.3 is 24.8 Å². The van der Waals surface area contributed by atoms with Crippen molar-refractivity contribution in [2.75, 3.05) is 10.6 Å². The van der Waals surface area contributed by atoms with Crippen LogP contribution in [0.1, 0.15) is 40.2 Å². The summed E-state index contributed by atoms with van der Waals surface area (Å²) >= 11 is 6.14. The zero-order chi connectivity index (χ0) is 24.5. The number of ether oxygens (including phenoxy) is 3. The molecule has 8 heteroatoms. The zero-order valence-corrected chi connectivity index (χ0v) is 20.6. The standard InChI is InChI=1S/C26H28ClN3O4/c1-25(2,3)33-19-11-9-18(10-12-19)29-24(31)30-20-13-17(27)15-28-23(20)32-21-8-6-7-16-14-26(4,5)34-22(16)21/h6-13,15H,14H2,1-5H3,(H2,29,30,31). The number of amides is 2. The molecule has 0 radical (unpaired) electrons. The summed E-state index contributed by atoms with van der Waals surface area (Å²) in [4.78, 5) is 17.0. The van der Waals surface area contributed by atoms with Crippen molar-refractivity contribution in [2.45, 2.75) is 52.2 Å². The topological polar surface area (TPSA) is 81.7 Å². The molecule has 0 spiro atoms. The molecule has 1 aromatic heterocycles. The number of fused-ring (bicyclic) bond motifs is 1. The van der Waals surface area contributed by atoms with Gasteiger partial charge in [-0.05, 0) is 71.0 Å². The van der Waals surface area contributed by atoms with Gasteiger partial charge in [0, 0.05) is 23.9 Å². The van der Waals surface area contributed by atoms with Crippen LogP contribution >= 0.6 is 11.6 Å². The number of rotatable bonds is 5. The van der Waals surface area contributed by atoms with Gasteiger partial charge in [-0.3, -0.25) is 0 Å². The molecule has 2 N–H and O–H groups in total. The van der Waals surface area contributed by atoms with Crippen LogP contribution in [-0.4, -0.2) is 22.2 Å². The molecular weight excluding hydrogens is 454 g/mol. The Hall–Kier alpha value is -3.45. The molecule has 1 aliphatic rings. The van der Waals surface area contributed by atoms with Gasteiger partial charge in [0.1, 0.15) is 22.6 Å². The number of halogens is 1. The minimum atomic E-state index is -0.464. The van der Waals surface area contributed by atoms with Gasteiger partial charge in [-0.25, -0.2) is 9.78 Å². The highest BCUT2D eigenvalue weighted by atomic mass is 35.5. The number of carbonyl (C=O) groups is 1. The Morgan fingerprint density at radius 3 is 2.56 bits per heavy atom. The summed E-state index contributed by atoms with van der Waals surface area (Å²) in [5, 5.41) is 5.91. The van der Waals surface area contributed by atoms with E-state index in [-0.39, 0.29) is 17.1 Å². The summed E-state index contributed by atoms with van der Waals surface area (Å²) < 4.78 is 17.9. The van der Waals surface area contributed by atoms with Crippen molar-refractivity contribution in [3.05, 3.63) is 65.3 Å². The molecule has 2 aromatic carbocycles. The van der Waals surface area contributed by atoms with E-state index >= 15 is 0 Å². The van der Waals surface area contributed by atoms with Crippen molar-refractivity contribution < 1.29 is 19.0 Å². The number of carbonyl (C=O) groups excluding carboxylic acids is 1. The number of aromatic nitrogens is 1. The fourth-order valence-electron chi connectivity index (χ4n) is 3.61. The van der Waals surface area contributed by atoms with Crippen LogP contribution in [0.25, 0.3) is 0 Å². The van der Waals surface area contributed by atoms with Gasteiger partial charge in [0.2, 0.25) is 5.88 Å². The van der Waals surface area contributed by atoms with Gasteiger partial charge in [0.15, 0.2) is 11.5 Å². The zero-order valence-electron chi connectivity index (χ0n) is 19.9. The lowest BCUT2D eigenvalue weighted by atomic mass is 10.0. The van der Waals surface area contributed by atoms with E-state index in [9.17, 15) is 4.79 Å². The third kappa shape index (κ3) is 5.91. The monoisotopic (exact) mass is 481 g/mol. The van der Waals surface area contributed by atoms with Gasteiger partial charge >= 0.3 is 6.03 Å². The minimum Gasteiger partial charge on any atom is -0.488 e. The van der Waals surface area contributed by atoms with Crippen LogP contribution in [0.4, 0.5) is 16.2 Å². The number of anilines is 2. The molecule has 4 rings (SSSR count). The fourth-order valence-corrected chi connectivity index (χ4v) is 3.77. The van der Waals surface area contributed by atoms with E-state index < -0.39 is 6.03 Å². The molecule has 2 amide bonds. The van der Waals surface area contributed by atoms with Crippen LogP contribution in [0.3, 0.4) is 0 Å². The van der Waals surface area contributed by atoms with Crippen LogP contribution in [0.5, 0.6) is 23.1 Å². The van der Waals surface area contributed by atoms with E-state index in [1.165, 1.54) is 6.20 Å². The first kappa shape index (κ1) is 23.7. The van der Waals surface area contributed by atoms with Crippen molar-refractivity contribution in [1.82, 2.24) is 4.98 Å². The van der Waals surface area contributed by atoms with E-state index in [4.69, 9.17) is 25.8 Å². The Balaban J connectivity index is 1.48. The number of nitrogens with one attached hydrogen (secondary N) is 2. The molecule has 0 saturated heterocycles. The van der Waals surface area contributed by atoms with Crippen LogP contribution < -0.4 is 24.8 Å². The summed E-state index contributed by atoms with van der Waals surface area (Å²) in [6.07, 6.45) is 2.24. The highest BCUT2D eigenvalue weighted by Crippen LogP contribution is 2.44. The lowest BCUT2D eigenvalue weighted by molar-refractivity contribution is 0.131. The lowest BCUT2D eigenvalue weighted by Crippen LogP contribution is -2.24. The first-order chi connectivity index (χ1) is 16.0. The van der Waals surface area contributed by atoms with Crippen LogP contribution in [0, 0.1) is 0 Å². The quantitative estimate of drug-likeness (QED) is 0.407. The predicted molar refractivity (Wildman–Crippen MR) is 134 cm³/mol. The smallest absolute Gasteiger partial charge is 0.323 e. The molecule has 0 unspecified atom stereocenters. The molecule has 178 valence electrons. The Morgan fingerprint density at radius 1 is 1.12 bits per heavy atom. The summed E-state index contributed by atoms with van der Waals surface area (Å²) in [7, 11) is 0. The number of para-hydroxylation sites is 1. The van der Waals surface area contributed by atoms with Crippen molar-refractivity contribution in [3.8, 4) is 23.1 Å². The van der Waals surface area contributed by atoms with Crippen molar-refractivity contribution in [2.24, 2.45) is 0 Å². The number of pyridine rings is 1. The number of nitrogens with zero attached hydrogens (tertiary/aromatic N) is 1. The Labute approximate surface area is 204 Å². The molecule has 0 fully saturated rings. The van der Waals surface area contributed by atoms with Crippen LogP contribution in [0.15, 0.2) is 54.7 Å². The molecule has 0 atom stereocenters. The van der Waals surface area contributed by atoms with E-state index in [0.717, 1.165) is 12.0 Å². The van der Waals surface area contributed by atoms with Gasteiger partial charge in [-0.2, -0.15) is 0 Å². The molecule has 34 heavy (non-hydrogen) atoms. The van der Waals surface area contributed by atoms with Crippen molar-refractivity contribution in [3.63, 3.8) is 0 Å². The predicted octanol–water partition coefficient (Wildman–Crippen LogP) is 7.06. The highest BCUT2D eigenvalue weighted by Gasteiger charge is 2.32. The summed E-state index contributed by atoms with van der Waals surface area (Å²) in [6.45, 7) is 9.97. The van der Waals surface area contributed by atoms with Crippen molar-refractivity contribution in [1.29, 1.82) is 0 Å². The third-order valence-electron chi connectivity index (χ3n) is 4.86. The average Bonchev–Trinajstić information content (AvgIpc) is 3.05. The molecule has 3 aromatic rings. The van der Waals surface area contributed by atoms with E-state index in [2.05, 4.69) is 15.6 Å². The first-order valence-corrected chi connectivity index (χ1v) is 11.4. The molecule has 7 nitrogen and oxygen atoms in total. The summed E-state index contributed by atoms with van der Waals surface area (Å²) in [5.74, 6) is 2.12. The molecule has 0 bridgehead atoms. The number of hydrogen-bond donors (Lipinski definition) is 2. The lowest BCUT2D eigenvalue weighted by Gasteiger charge is -2.21. The maximum Gasteiger partial charge on any atom is 0.323 e. The first-order valence-electron chi connectivity index (χ1n) is 11.0. The van der Waals surface area contributed by atoms with Crippen molar-refractivity contribution >= 4 is 29.0 Å². The minimum absolute atomic E-state index is 0.204. The Bertz CT molecular complexity index is 1200. The SMILES string of the molecule is CC(C)(C)Oc1ccc(NC(=O)Nc2cc(Cl)cnc2Oc2cccc3c2OC(C)(C)C3)cc1. The summed E-state index contributed by atoms with van der Waals surface area (Å²) in [5.41, 5.74) is 1.37. The second-order valence-electron chi connectivity index (χ2n) is 9.71. The Morgan fingerprint density at radius 2 is 1.85 bits per heavy atom. The molecule has 2 heterocycles. The maximum absolute atomic E-state index is 12.7. The average molecular weight is 482 g/mol. The highest BCUT2D eigenvalue weighted by molar-refractivity contribution is 6.30. The van der Waals surface area contributed by atoms with Gasteiger partial charge in [0.05, 0.1) is 5.02 Å². The number of benzene rings is 2. The maximum atomic E-state index is 12.7. The second-order valence-corrected chi connectivity index (χ2v) is 10.1. The van der Waals surface area contributed by atoms with E-state index in [1.54, 1.807) is 30.3 Å². The molecule has 0 aliphatic carbocycles. The third-order valence-corrected chi connectivity index (χ3v) is 5.07. The fraction of sp³-hybridized carbons (Fsp3) is 0.308. The van der Waals surface area contributed by atoms with Gasteiger partial charge in [0.25, 0.3) is 0 Å². The van der Waals surface area contributed by atoms with Crippen LogP contribution in [-0.2, 0) is 6.42 Å². The van der Waals surface area contributed by atoms with Gasteiger partial charge in [-0.15, -0.1) is 0 Å².